The van der Waals surface area contributed by atoms with Crippen molar-refractivity contribution in [3.8, 4) is 0 Å². The zero-order valence-electron chi connectivity index (χ0n) is 13.8. The van der Waals surface area contributed by atoms with E-state index in [2.05, 4.69) is 5.32 Å². The normalized spacial score (nSPS) is 11.7. The predicted octanol–water partition coefficient (Wildman–Crippen LogP) is 2.79. The summed E-state index contributed by atoms with van der Waals surface area (Å²) >= 11 is 6.05. The van der Waals surface area contributed by atoms with Crippen LogP contribution in [0.4, 0.5) is 5.69 Å². The topological polar surface area (TPSA) is 92.6 Å². The zero-order valence-corrected chi connectivity index (χ0v) is 15.3. The van der Waals surface area contributed by atoms with Gasteiger partial charge in [0, 0.05) is 44.3 Å². The van der Waals surface area contributed by atoms with E-state index in [9.17, 15) is 18.5 Å². The number of benzene rings is 2. The van der Waals surface area contributed by atoms with Gasteiger partial charge in [-0.25, -0.2) is 12.7 Å². The van der Waals surface area contributed by atoms with E-state index >= 15 is 0 Å². The van der Waals surface area contributed by atoms with Crippen LogP contribution >= 0.6 is 11.6 Å². The van der Waals surface area contributed by atoms with Crippen LogP contribution in [0.1, 0.15) is 11.1 Å². The summed E-state index contributed by atoms with van der Waals surface area (Å²) in [6, 6.07) is 10.8. The average molecular weight is 384 g/mol. The summed E-state index contributed by atoms with van der Waals surface area (Å²) in [7, 11) is -0.485. The molecule has 0 bridgehead atoms. The summed E-state index contributed by atoms with van der Waals surface area (Å²) in [4.78, 5) is 10.6. The lowest BCUT2D eigenvalue weighted by atomic mass is 10.2. The van der Waals surface area contributed by atoms with E-state index in [1.807, 2.05) is 0 Å². The molecule has 0 radical (unpaired) electrons. The van der Waals surface area contributed by atoms with Crippen molar-refractivity contribution in [3.63, 3.8) is 0 Å². The lowest BCUT2D eigenvalue weighted by Crippen LogP contribution is -2.22. The average Bonchev–Trinajstić information content (AvgIpc) is 2.56. The van der Waals surface area contributed by atoms with Gasteiger partial charge in [-0.3, -0.25) is 10.1 Å². The molecule has 0 unspecified atom stereocenters. The van der Waals surface area contributed by atoms with E-state index in [-0.39, 0.29) is 10.6 Å². The van der Waals surface area contributed by atoms with Gasteiger partial charge >= 0.3 is 0 Å². The first-order valence-corrected chi connectivity index (χ1v) is 9.18. The molecule has 0 fully saturated rings. The summed E-state index contributed by atoms with van der Waals surface area (Å²) < 4.78 is 25.2. The fourth-order valence-corrected chi connectivity index (χ4v) is 3.23. The lowest BCUT2D eigenvalue weighted by molar-refractivity contribution is -0.384. The molecule has 2 aromatic carbocycles. The van der Waals surface area contributed by atoms with E-state index in [0.29, 0.717) is 23.7 Å². The third kappa shape index (κ3) is 4.76. The number of nitro groups is 1. The molecule has 0 aliphatic heterocycles. The number of hydrogen-bond acceptors (Lipinski definition) is 5. The molecule has 2 rings (SSSR count). The third-order valence-corrected chi connectivity index (χ3v) is 5.78. The van der Waals surface area contributed by atoms with E-state index in [0.717, 1.165) is 9.87 Å². The van der Waals surface area contributed by atoms with Crippen molar-refractivity contribution in [1.29, 1.82) is 0 Å². The molecule has 7 nitrogen and oxygen atoms in total. The third-order valence-electron chi connectivity index (χ3n) is 3.59. The van der Waals surface area contributed by atoms with Crippen molar-refractivity contribution in [2.45, 2.75) is 18.0 Å². The quantitative estimate of drug-likeness (QED) is 0.586. The largest absolute Gasteiger partial charge is 0.309 e. The van der Waals surface area contributed by atoms with Crippen LogP contribution in [0.3, 0.4) is 0 Å². The Hall–Kier alpha value is -2.00. The van der Waals surface area contributed by atoms with Crippen molar-refractivity contribution in [3.05, 3.63) is 68.7 Å². The van der Waals surface area contributed by atoms with Crippen LogP contribution in [0.25, 0.3) is 0 Å². The summed E-state index contributed by atoms with van der Waals surface area (Å²) in [5.74, 6) is 0. The molecule has 0 aliphatic rings. The first-order valence-electron chi connectivity index (χ1n) is 7.37. The fourth-order valence-electron chi connectivity index (χ4n) is 2.14. The molecular formula is C16H18ClN3O4S. The Balaban J connectivity index is 2.01. The maximum Gasteiger partial charge on any atom is 0.269 e. The minimum absolute atomic E-state index is 0.0144. The summed E-state index contributed by atoms with van der Waals surface area (Å²) in [5.41, 5.74) is 1.50. The SMILES string of the molecule is CN(C)S(=O)(=O)c1ccc(CNCc2cc([N+](=O)[O-])ccc2Cl)cc1. The molecule has 0 saturated carbocycles. The second-order valence-corrected chi connectivity index (χ2v) is 8.13. The van der Waals surface area contributed by atoms with Gasteiger partial charge in [-0.2, -0.15) is 0 Å². The van der Waals surface area contributed by atoms with Gasteiger partial charge in [-0.1, -0.05) is 23.7 Å². The maximum atomic E-state index is 12.0. The standard InChI is InChI=1S/C16H18ClN3O4S/c1-19(2)25(23,24)15-6-3-12(4-7-15)10-18-11-13-9-14(20(21)22)5-8-16(13)17/h3-9,18H,10-11H2,1-2H3. The number of nitrogens with zero attached hydrogens (tertiary/aromatic N) is 2. The van der Waals surface area contributed by atoms with Crippen LogP contribution in [0.5, 0.6) is 0 Å². The minimum Gasteiger partial charge on any atom is -0.309 e. The molecule has 1 N–H and O–H groups in total. The molecule has 9 heteroatoms. The monoisotopic (exact) mass is 383 g/mol. The summed E-state index contributed by atoms with van der Waals surface area (Å²) in [5, 5.41) is 14.4. The van der Waals surface area contributed by atoms with Gasteiger partial charge in [-0.05, 0) is 29.3 Å². The molecule has 0 spiro atoms. The van der Waals surface area contributed by atoms with Crippen molar-refractivity contribution >= 4 is 27.3 Å². The van der Waals surface area contributed by atoms with Crippen molar-refractivity contribution < 1.29 is 13.3 Å². The number of non-ortho nitro benzene ring substituents is 1. The molecular weight excluding hydrogens is 366 g/mol. The van der Waals surface area contributed by atoms with Gasteiger partial charge in [0.05, 0.1) is 9.82 Å². The molecule has 0 saturated heterocycles. The molecule has 0 amide bonds. The Kier molecular flexibility index (Phi) is 6.12. The van der Waals surface area contributed by atoms with Gasteiger partial charge in [0.1, 0.15) is 0 Å². The molecule has 0 aliphatic carbocycles. The number of nitro benzene ring substituents is 1. The second-order valence-electron chi connectivity index (χ2n) is 5.57. The first-order chi connectivity index (χ1) is 11.7. The number of hydrogen-bond donors (Lipinski definition) is 1. The molecule has 0 heterocycles. The molecule has 2 aromatic rings. The van der Waals surface area contributed by atoms with Gasteiger partial charge < -0.3 is 5.32 Å². The molecule has 0 atom stereocenters. The van der Waals surface area contributed by atoms with Crippen molar-refractivity contribution in [2.75, 3.05) is 14.1 Å². The Morgan fingerprint density at radius 1 is 1.12 bits per heavy atom. The highest BCUT2D eigenvalue weighted by Gasteiger charge is 2.16. The Labute approximate surface area is 151 Å². The number of nitrogens with one attached hydrogen (secondary N) is 1. The first kappa shape index (κ1) is 19.3. The van der Waals surface area contributed by atoms with Gasteiger partial charge in [-0.15, -0.1) is 0 Å². The number of halogens is 1. The smallest absolute Gasteiger partial charge is 0.269 e. The number of rotatable bonds is 7. The van der Waals surface area contributed by atoms with Gasteiger partial charge in [0.25, 0.3) is 5.69 Å². The van der Waals surface area contributed by atoms with Crippen LogP contribution in [0.15, 0.2) is 47.4 Å². The highest BCUT2D eigenvalue weighted by molar-refractivity contribution is 7.89. The molecule has 0 aromatic heterocycles. The van der Waals surface area contributed by atoms with Crippen molar-refractivity contribution in [1.82, 2.24) is 9.62 Å². The second kappa shape index (κ2) is 7.92. The van der Waals surface area contributed by atoms with E-state index < -0.39 is 14.9 Å². The zero-order chi connectivity index (χ0) is 18.6. The van der Waals surface area contributed by atoms with E-state index in [4.69, 9.17) is 11.6 Å². The van der Waals surface area contributed by atoms with Crippen LogP contribution in [-0.2, 0) is 23.1 Å². The molecule has 134 valence electrons. The lowest BCUT2D eigenvalue weighted by Gasteiger charge is -2.12. The Morgan fingerprint density at radius 3 is 2.32 bits per heavy atom. The van der Waals surface area contributed by atoms with Gasteiger partial charge in [0.15, 0.2) is 0 Å². The van der Waals surface area contributed by atoms with Crippen LogP contribution in [0, 0.1) is 10.1 Å². The van der Waals surface area contributed by atoms with Crippen molar-refractivity contribution in [2.24, 2.45) is 0 Å². The van der Waals surface area contributed by atoms with E-state index in [1.54, 1.807) is 24.3 Å². The minimum atomic E-state index is -3.44. The highest BCUT2D eigenvalue weighted by Crippen LogP contribution is 2.22. The Bertz CT molecular complexity index is 867. The van der Waals surface area contributed by atoms with Crippen LogP contribution in [-0.4, -0.2) is 31.7 Å². The van der Waals surface area contributed by atoms with Gasteiger partial charge in [0.2, 0.25) is 10.0 Å². The van der Waals surface area contributed by atoms with Crippen LogP contribution < -0.4 is 5.32 Å². The highest BCUT2D eigenvalue weighted by atomic mass is 35.5. The Morgan fingerprint density at radius 2 is 1.76 bits per heavy atom. The molecule has 25 heavy (non-hydrogen) atoms. The predicted molar refractivity (Wildman–Crippen MR) is 96.0 cm³/mol. The summed E-state index contributed by atoms with van der Waals surface area (Å²) in [6.07, 6.45) is 0. The maximum absolute atomic E-state index is 12.0. The fraction of sp³-hybridized carbons (Fsp3) is 0.250. The summed E-state index contributed by atoms with van der Waals surface area (Å²) in [6.45, 7) is 0.833. The van der Waals surface area contributed by atoms with E-state index in [1.165, 1.54) is 32.3 Å². The van der Waals surface area contributed by atoms with Crippen LogP contribution in [0.2, 0.25) is 5.02 Å². The number of sulfonamides is 1.